The highest BCUT2D eigenvalue weighted by molar-refractivity contribution is 4.83. The van der Waals surface area contributed by atoms with Crippen LogP contribution in [0.15, 0.2) is 0 Å². The first-order valence-electron chi connectivity index (χ1n) is 6.86. The molecule has 5 heteroatoms. The summed E-state index contributed by atoms with van der Waals surface area (Å²) >= 11 is 0. The molecule has 0 bridgehead atoms. The average molecular weight is 266 g/mol. The molecule has 1 aliphatic carbocycles. The van der Waals surface area contributed by atoms with E-state index in [1.807, 2.05) is 6.92 Å². The zero-order valence-electron chi connectivity index (χ0n) is 11.3. The molecule has 3 atom stereocenters. The third-order valence-electron chi connectivity index (χ3n) is 3.74. The van der Waals surface area contributed by atoms with Crippen molar-refractivity contribution in [2.45, 2.75) is 51.7 Å². The van der Waals surface area contributed by atoms with Crippen molar-refractivity contribution < 1.29 is 13.2 Å². The minimum atomic E-state index is -4.11. The summed E-state index contributed by atoms with van der Waals surface area (Å²) in [6.45, 7) is 4.24. The fourth-order valence-corrected chi connectivity index (χ4v) is 2.87. The molecule has 0 radical (unpaired) electrons. The summed E-state index contributed by atoms with van der Waals surface area (Å²) in [5, 5.41) is 0. The average Bonchev–Trinajstić information content (AvgIpc) is 2.21. The summed E-state index contributed by atoms with van der Waals surface area (Å²) in [6, 6.07) is 0.0637. The molecule has 0 saturated heterocycles. The van der Waals surface area contributed by atoms with E-state index in [2.05, 4.69) is 6.92 Å². The molecule has 0 aromatic rings. The van der Waals surface area contributed by atoms with Crippen LogP contribution < -0.4 is 5.73 Å². The summed E-state index contributed by atoms with van der Waals surface area (Å²) in [4.78, 5) is 1.52. The van der Waals surface area contributed by atoms with Gasteiger partial charge in [0.15, 0.2) is 0 Å². The highest BCUT2D eigenvalue weighted by atomic mass is 19.4. The standard InChI is InChI=1S/C13H25F3N2/c1-3-6-18(9-13(14,15)16)8-11-7-10(2)4-5-12(11)17/h10-12H,3-9,17H2,1-2H3. The van der Waals surface area contributed by atoms with Crippen molar-refractivity contribution in [3.8, 4) is 0 Å². The van der Waals surface area contributed by atoms with Crippen LogP contribution >= 0.6 is 0 Å². The third kappa shape index (κ3) is 5.57. The zero-order valence-corrected chi connectivity index (χ0v) is 11.3. The summed E-state index contributed by atoms with van der Waals surface area (Å²) in [5.74, 6) is 0.798. The highest BCUT2D eigenvalue weighted by Gasteiger charge is 2.33. The molecule has 1 saturated carbocycles. The van der Waals surface area contributed by atoms with Gasteiger partial charge in [-0.25, -0.2) is 0 Å². The van der Waals surface area contributed by atoms with Gasteiger partial charge in [-0.2, -0.15) is 13.2 Å². The maximum absolute atomic E-state index is 12.5. The Morgan fingerprint density at radius 2 is 1.94 bits per heavy atom. The summed E-state index contributed by atoms with van der Waals surface area (Å²) in [7, 11) is 0. The number of hydrogen-bond donors (Lipinski definition) is 1. The summed E-state index contributed by atoms with van der Waals surface area (Å²) < 4.78 is 37.5. The number of halogens is 3. The summed E-state index contributed by atoms with van der Waals surface area (Å²) in [5.41, 5.74) is 6.04. The molecule has 18 heavy (non-hydrogen) atoms. The lowest BCUT2D eigenvalue weighted by molar-refractivity contribution is -0.147. The molecule has 108 valence electrons. The van der Waals surface area contributed by atoms with Crippen molar-refractivity contribution in [2.75, 3.05) is 19.6 Å². The first kappa shape index (κ1) is 15.8. The van der Waals surface area contributed by atoms with Crippen LogP contribution in [0.1, 0.15) is 39.5 Å². The van der Waals surface area contributed by atoms with Gasteiger partial charge in [0.25, 0.3) is 0 Å². The number of nitrogens with two attached hydrogens (primary N) is 1. The SMILES string of the molecule is CCCN(CC1CC(C)CCC1N)CC(F)(F)F. The monoisotopic (exact) mass is 266 g/mol. The Morgan fingerprint density at radius 3 is 2.50 bits per heavy atom. The van der Waals surface area contributed by atoms with E-state index in [1.54, 1.807) is 0 Å². The molecule has 0 aromatic heterocycles. The molecular formula is C13H25F3N2. The lowest BCUT2D eigenvalue weighted by Gasteiger charge is -2.36. The van der Waals surface area contributed by atoms with Gasteiger partial charge in [-0.05, 0) is 44.1 Å². The molecule has 1 aliphatic rings. The predicted octanol–water partition coefficient (Wildman–Crippen LogP) is 3.02. The van der Waals surface area contributed by atoms with Gasteiger partial charge in [0.05, 0.1) is 6.54 Å². The van der Waals surface area contributed by atoms with Crippen molar-refractivity contribution >= 4 is 0 Å². The normalized spacial score (nSPS) is 29.8. The molecule has 2 N–H and O–H groups in total. The fraction of sp³-hybridized carbons (Fsp3) is 1.00. The smallest absolute Gasteiger partial charge is 0.327 e. The van der Waals surface area contributed by atoms with E-state index in [-0.39, 0.29) is 12.0 Å². The number of alkyl halides is 3. The lowest BCUT2D eigenvalue weighted by atomic mass is 9.79. The molecule has 3 unspecified atom stereocenters. The van der Waals surface area contributed by atoms with E-state index < -0.39 is 12.7 Å². The van der Waals surface area contributed by atoms with E-state index >= 15 is 0 Å². The zero-order chi connectivity index (χ0) is 13.8. The topological polar surface area (TPSA) is 29.3 Å². The van der Waals surface area contributed by atoms with Gasteiger partial charge in [0, 0.05) is 12.6 Å². The van der Waals surface area contributed by atoms with Crippen LogP contribution in [0.3, 0.4) is 0 Å². The third-order valence-corrected chi connectivity index (χ3v) is 3.74. The number of nitrogens with zero attached hydrogens (tertiary/aromatic N) is 1. The fourth-order valence-electron chi connectivity index (χ4n) is 2.87. The van der Waals surface area contributed by atoms with Crippen molar-refractivity contribution in [1.29, 1.82) is 0 Å². The Hall–Kier alpha value is -0.290. The predicted molar refractivity (Wildman–Crippen MR) is 67.3 cm³/mol. The van der Waals surface area contributed by atoms with Gasteiger partial charge in [-0.1, -0.05) is 13.8 Å². The van der Waals surface area contributed by atoms with Gasteiger partial charge in [0.1, 0.15) is 0 Å². The molecule has 1 rings (SSSR count). The van der Waals surface area contributed by atoms with Gasteiger partial charge >= 0.3 is 6.18 Å². The Morgan fingerprint density at radius 1 is 1.28 bits per heavy atom. The molecule has 0 aromatic carbocycles. The Labute approximate surface area is 108 Å². The molecule has 0 aliphatic heterocycles. The maximum Gasteiger partial charge on any atom is 0.401 e. The molecule has 2 nitrogen and oxygen atoms in total. The lowest BCUT2D eigenvalue weighted by Crippen LogP contribution is -2.45. The molecular weight excluding hydrogens is 241 g/mol. The Bertz CT molecular complexity index is 243. The maximum atomic E-state index is 12.5. The van der Waals surface area contributed by atoms with Crippen LogP contribution in [0.25, 0.3) is 0 Å². The minimum Gasteiger partial charge on any atom is -0.327 e. The van der Waals surface area contributed by atoms with Gasteiger partial charge in [-0.3, -0.25) is 4.90 Å². The number of rotatable bonds is 5. The van der Waals surface area contributed by atoms with Gasteiger partial charge < -0.3 is 5.73 Å². The van der Waals surface area contributed by atoms with Crippen molar-refractivity contribution in [3.63, 3.8) is 0 Å². The molecule has 0 spiro atoms. The number of hydrogen-bond acceptors (Lipinski definition) is 2. The van der Waals surface area contributed by atoms with E-state index in [0.29, 0.717) is 19.0 Å². The second-order valence-electron chi connectivity index (χ2n) is 5.69. The quantitative estimate of drug-likeness (QED) is 0.828. The second kappa shape index (κ2) is 6.75. The van der Waals surface area contributed by atoms with Crippen molar-refractivity contribution in [1.82, 2.24) is 4.90 Å². The second-order valence-corrected chi connectivity index (χ2v) is 5.69. The molecule has 0 heterocycles. The van der Waals surface area contributed by atoms with E-state index in [0.717, 1.165) is 25.7 Å². The van der Waals surface area contributed by atoms with Gasteiger partial charge in [-0.15, -0.1) is 0 Å². The van der Waals surface area contributed by atoms with Crippen LogP contribution in [-0.2, 0) is 0 Å². The van der Waals surface area contributed by atoms with Crippen LogP contribution in [0.5, 0.6) is 0 Å². The Kier molecular flexibility index (Phi) is 5.92. The highest BCUT2D eigenvalue weighted by Crippen LogP contribution is 2.29. The van der Waals surface area contributed by atoms with Crippen LogP contribution in [0, 0.1) is 11.8 Å². The largest absolute Gasteiger partial charge is 0.401 e. The minimum absolute atomic E-state index is 0.0637. The van der Waals surface area contributed by atoms with E-state index in [9.17, 15) is 13.2 Å². The van der Waals surface area contributed by atoms with E-state index in [1.165, 1.54) is 4.90 Å². The van der Waals surface area contributed by atoms with Crippen LogP contribution in [0.4, 0.5) is 13.2 Å². The van der Waals surface area contributed by atoms with Crippen molar-refractivity contribution in [2.24, 2.45) is 17.6 Å². The van der Waals surface area contributed by atoms with Gasteiger partial charge in [0.2, 0.25) is 0 Å². The first-order chi connectivity index (χ1) is 8.31. The molecule has 0 amide bonds. The van der Waals surface area contributed by atoms with Crippen molar-refractivity contribution in [3.05, 3.63) is 0 Å². The Balaban J connectivity index is 2.53. The van der Waals surface area contributed by atoms with Crippen LogP contribution in [-0.4, -0.2) is 36.8 Å². The summed E-state index contributed by atoms with van der Waals surface area (Å²) in [6.07, 6.45) is -0.366. The van der Waals surface area contributed by atoms with Crippen LogP contribution in [0.2, 0.25) is 0 Å². The van der Waals surface area contributed by atoms with E-state index in [4.69, 9.17) is 5.73 Å². The molecule has 1 fully saturated rings. The first-order valence-corrected chi connectivity index (χ1v) is 6.86.